The smallest absolute Gasteiger partial charge is 0.227 e. The summed E-state index contributed by atoms with van der Waals surface area (Å²) in [5.41, 5.74) is 2.36. The summed E-state index contributed by atoms with van der Waals surface area (Å²) in [4.78, 5) is 28.3. The molecule has 0 aliphatic carbocycles. The SMILES string of the molecule is CCN(C(=O)CCC=O)c1cn(-c2cccnc2)nc1C. The molecule has 2 aromatic rings. The monoisotopic (exact) mass is 286 g/mol. The molecule has 0 aromatic carbocycles. The van der Waals surface area contributed by atoms with Crippen LogP contribution in [0.25, 0.3) is 5.69 Å². The van der Waals surface area contributed by atoms with Crippen LogP contribution in [0.1, 0.15) is 25.5 Å². The Morgan fingerprint density at radius 2 is 2.29 bits per heavy atom. The van der Waals surface area contributed by atoms with E-state index < -0.39 is 0 Å². The largest absolute Gasteiger partial charge is 0.310 e. The number of nitrogens with zero attached hydrogens (tertiary/aromatic N) is 4. The first-order chi connectivity index (χ1) is 10.2. The lowest BCUT2D eigenvalue weighted by Gasteiger charge is -2.19. The number of hydrogen-bond donors (Lipinski definition) is 0. The molecule has 2 rings (SSSR count). The fraction of sp³-hybridized carbons (Fsp3) is 0.333. The van der Waals surface area contributed by atoms with E-state index >= 15 is 0 Å². The minimum absolute atomic E-state index is 0.0709. The van der Waals surface area contributed by atoms with Gasteiger partial charge in [0.15, 0.2) is 0 Å². The summed E-state index contributed by atoms with van der Waals surface area (Å²) in [5, 5.41) is 4.43. The van der Waals surface area contributed by atoms with Crippen LogP contribution in [0.15, 0.2) is 30.7 Å². The third-order valence-electron chi connectivity index (χ3n) is 3.17. The van der Waals surface area contributed by atoms with Crippen molar-refractivity contribution in [1.29, 1.82) is 0 Å². The molecule has 6 nitrogen and oxygen atoms in total. The summed E-state index contributed by atoms with van der Waals surface area (Å²) in [5.74, 6) is -0.0709. The van der Waals surface area contributed by atoms with Crippen LogP contribution in [-0.2, 0) is 9.59 Å². The van der Waals surface area contributed by atoms with Gasteiger partial charge in [-0.15, -0.1) is 0 Å². The van der Waals surface area contributed by atoms with Gasteiger partial charge in [-0.3, -0.25) is 9.78 Å². The molecule has 0 aliphatic rings. The molecule has 110 valence electrons. The van der Waals surface area contributed by atoms with Crippen LogP contribution < -0.4 is 4.90 Å². The molecule has 0 saturated heterocycles. The van der Waals surface area contributed by atoms with Crippen LogP contribution >= 0.6 is 0 Å². The molecule has 21 heavy (non-hydrogen) atoms. The van der Waals surface area contributed by atoms with Crippen molar-refractivity contribution >= 4 is 17.9 Å². The maximum Gasteiger partial charge on any atom is 0.227 e. The Morgan fingerprint density at radius 3 is 2.90 bits per heavy atom. The summed E-state index contributed by atoms with van der Waals surface area (Å²) in [6.45, 7) is 4.30. The molecular formula is C15H18N4O2. The van der Waals surface area contributed by atoms with Crippen molar-refractivity contribution in [3.05, 3.63) is 36.4 Å². The Labute approximate surface area is 123 Å². The topological polar surface area (TPSA) is 68.1 Å². The second-order valence-electron chi connectivity index (χ2n) is 4.60. The van der Waals surface area contributed by atoms with Crippen molar-refractivity contribution in [2.45, 2.75) is 26.7 Å². The van der Waals surface area contributed by atoms with E-state index in [1.807, 2.05) is 32.2 Å². The Morgan fingerprint density at radius 1 is 1.48 bits per heavy atom. The average Bonchev–Trinajstić information content (AvgIpc) is 2.89. The van der Waals surface area contributed by atoms with E-state index in [2.05, 4.69) is 10.1 Å². The van der Waals surface area contributed by atoms with Crippen LogP contribution in [0.3, 0.4) is 0 Å². The van der Waals surface area contributed by atoms with Crippen molar-refractivity contribution in [3.8, 4) is 5.69 Å². The third-order valence-corrected chi connectivity index (χ3v) is 3.17. The standard InChI is InChI=1S/C15H18N4O2/c1-3-18(15(21)7-5-9-20)14-11-19(17-12(14)2)13-6-4-8-16-10-13/h4,6,8-11H,3,5,7H2,1-2H3. The summed E-state index contributed by atoms with van der Waals surface area (Å²) in [6, 6.07) is 3.73. The quantitative estimate of drug-likeness (QED) is 0.761. The van der Waals surface area contributed by atoms with Gasteiger partial charge < -0.3 is 9.69 Å². The number of carbonyl (C=O) groups excluding carboxylic acids is 2. The van der Waals surface area contributed by atoms with Crippen LogP contribution in [-0.4, -0.2) is 33.5 Å². The first-order valence-corrected chi connectivity index (χ1v) is 6.88. The highest BCUT2D eigenvalue weighted by Crippen LogP contribution is 2.21. The average molecular weight is 286 g/mol. The van der Waals surface area contributed by atoms with Gasteiger partial charge in [-0.2, -0.15) is 5.10 Å². The van der Waals surface area contributed by atoms with E-state index in [1.54, 1.807) is 22.0 Å². The highest BCUT2D eigenvalue weighted by molar-refractivity contribution is 5.94. The second kappa shape index (κ2) is 6.78. The van der Waals surface area contributed by atoms with E-state index in [4.69, 9.17) is 0 Å². The molecule has 0 radical (unpaired) electrons. The minimum Gasteiger partial charge on any atom is -0.310 e. The molecule has 0 atom stereocenters. The first kappa shape index (κ1) is 14.9. The van der Waals surface area contributed by atoms with Gasteiger partial charge in [0.1, 0.15) is 6.29 Å². The molecule has 0 fully saturated rings. The second-order valence-corrected chi connectivity index (χ2v) is 4.60. The fourth-order valence-electron chi connectivity index (χ4n) is 2.14. The van der Waals surface area contributed by atoms with Crippen molar-refractivity contribution in [2.75, 3.05) is 11.4 Å². The molecular weight excluding hydrogens is 268 g/mol. The predicted molar refractivity (Wildman–Crippen MR) is 79.4 cm³/mol. The zero-order valence-corrected chi connectivity index (χ0v) is 12.2. The Bertz CT molecular complexity index is 622. The van der Waals surface area contributed by atoms with Crippen molar-refractivity contribution < 1.29 is 9.59 Å². The fourth-order valence-corrected chi connectivity index (χ4v) is 2.14. The summed E-state index contributed by atoms with van der Waals surface area (Å²) in [7, 11) is 0. The zero-order valence-electron chi connectivity index (χ0n) is 12.2. The van der Waals surface area contributed by atoms with Gasteiger partial charge in [0, 0.05) is 25.6 Å². The number of rotatable bonds is 6. The van der Waals surface area contributed by atoms with Gasteiger partial charge in [-0.05, 0) is 26.0 Å². The van der Waals surface area contributed by atoms with Crippen LogP contribution in [0.2, 0.25) is 0 Å². The van der Waals surface area contributed by atoms with Crippen molar-refractivity contribution in [1.82, 2.24) is 14.8 Å². The number of carbonyl (C=O) groups is 2. The van der Waals surface area contributed by atoms with Gasteiger partial charge in [0.25, 0.3) is 0 Å². The van der Waals surface area contributed by atoms with E-state index in [0.29, 0.717) is 6.54 Å². The Balaban J connectivity index is 2.28. The lowest BCUT2D eigenvalue weighted by atomic mass is 10.2. The molecule has 1 amide bonds. The molecule has 2 heterocycles. The maximum absolute atomic E-state index is 12.1. The van der Waals surface area contributed by atoms with Gasteiger partial charge >= 0.3 is 0 Å². The number of anilines is 1. The van der Waals surface area contributed by atoms with Gasteiger partial charge in [-0.25, -0.2) is 4.68 Å². The number of amides is 1. The Hall–Kier alpha value is -2.50. The maximum atomic E-state index is 12.1. The molecule has 0 N–H and O–H groups in total. The van der Waals surface area contributed by atoms with Crippen LogP contribution in [0, 0.1) is 6.92 Å². The minimum atomic E-state index is -0.0709. The summed E-state index contributed by atoms with van der Waals surface area (Å²) in [6.07, 6.45) is 6.44. The highest BCUT2D eigenvalue weighted by Gasteiger charge is 2.18. The normalized spacial score (nSPS) is 10.4. The molecule has 0 unspecified atom stereocenters. The van der Waals surface area contributed by atoms with E-state index in [1.165, 1.54) is 0 Å². The lowest BCUT2D eigenvalue weighted by molar-refractivity contribution is -0.120. The van der Waals surface area contributed by atoms with Crippen LogP contribution in [0.5, 0.6) is 0 Å². The summed E-state index contributed by atoms with van der Waals surface area (Å²) >= 11 is 0. The van der Waals surface area contributed by atoms with Crippen molar-refractivity contribution in [3.63, 3.8) is 0 Å². The van der Waals surface area contributed by atoms with E-state index in [0.717, 1.165) is 23.4 Å². The van der Waals surface area contributed by atoms with E-state index in [9.17, 15) is 9.59 Å². The van der Waals surface area contributed by atoms with E-state index in [-0.39, 0.29) is 18.7 Å². The molecule has 0 aliphatic heterocycles. The van der Waals surface area contributed by atoms with Gasteiger partial charge in [0.05, 0.1) is 29.5 Å². The van der Waals surface area contributed by atoms with Crippen molar-refractivity contribution in [2.24, 2.45) is 0 Å². The highest BCUT2D eigenvalue weighted by atomic mass is 16.2. The van der Waals surface area contributed by atoms with Crippen LogP contribution in [0.4, 0.5) is 5.69 Å². The molecule has 0 saturated carbocycles. The van der Waals surface area contributed by atoms with Gasteiger partial charge in [0.2, 0.25) is 5.91 Å². The number of pyridine rings is 1. The predicted octanol–water partition coefficient (Wildman–Crippen LogP) is 1.91. The van der Waals surface area contributed by atoms with Gasteiger partial charge in [-0.1, -0.05) is 0 Å². The number of aromatic nitrogens is 3. The zero-order chi connectivity index (χ0) is 15.2. The Kier molecular flexibility index (Phi) is 4.81. The summed E-state index contributed by atoms with van der Waals surface area (Å²) < 4.78 is 1.70. The third kappa shape index (κ3) is 3.34. The lowest BCUT2D eigenvalue weighted by Crippen LogP contribution is -2.30. The molecule has 6 heteroatoms. The number of aldehydes is 1. The molecule has 0 spiro atoms. The number of hydrogen-bond acceptors (Lipinski definition) is 4. The first-order valence-electron chi connectivity index (χ1n) is 6.88. The number of aryl methyl sites for hydroxylation is 1. The molecule has 0 bridgehead atoms. The molecule has 2 aromatic heterocycles.